The molecular formula is C16H18N2O3. The molecule has 1 atom stereocenters. The summed E-state index contributed by atoms with van der Waals surface area (Å²) in [5.41, 5.74) is 6.50. The minimum atomic E-state index is -0.502. The van der Waals surface area contributed by atoms with Gasteiger partial charge in [-0.25, -0.2) is 4.79 Å². The maximum atomic E-state index is 12.7. The number of esters is 1. The van der Waals surface area contributed by atoms with Gasteiger partial charge in [-0.3, -0.25) is 4.79 Å². The van der Waals surface area contributed by atoms with E-state index >= 15 is 0 Å². The van der Waals surface area contributed by atoms with Gasteiger partial charge in [0.1, 0.15) is 6.04 Å². The Morgan fingerprint density at radius 1 is 1.43 bits per heavy atom. The number of rotatable bonds is 2. The fourth-order valence-corrected chi connectivity index (χ4v) is 2.47. The van der Waals surface area contributed by atoms with Gasteiger partial charge in [-0.15, -0.1) is 0 Å². The van der Waals surface area contributed by atoms with Crippen LogP contribution in [0.25, 0.3) is 0 Å². The van der Waals surface area contributed by atoms with Crippen molar-refractivity contribution < 1.29 is 14.3 Å². The van der Waals surface area contributed by atoms with Crippen LogP contribution in [0.3, 0.4) is 0 Å². The molecule has 1 fully saturated rings. The number of ether oxygens (including phenoxy) is 1. The molecule has 0 radical (unpaired) electrons. The van der Waals surface area contributed by atoms with Crippen molar-refractivity contribution in [3.05, 3.63) is 35.4 Å². The fraction of sp³-hybridized carbons (Fsp3) is 0.375. The summed E-state index contributed by atoms with van der Waals surface area (Å²) in [6.45, 7) is 0.786. The molecule has 0 spiro atoms. The first-order valence-electron chi connectivity index (χ1n) is 6.85. The summed E-state index contributed by atoms with van der Waals surface area (Å²) in [7, 11) is 1.34. The maximum absolute atomic E-state index is 12.7. The highest BCUT2D eigenvalue weighted by Crippen LogP contribution is 2.22. The third-order valence-corrected chi connectivity index (χ3v) is 3.47. The average molecular weight is 286 g/mol. The molecule has 5 nitrogen and oxygen atoms in total. The van der Waals surface area contributed by atoms with Crippen LogP contribution in [0.4, 0.5) is 0 Å². The number of carbonyl (C=O) groups excluding carboxylic acids is 2. The predicted octanol–water partition coefficient (Wildman–Crippen LogP) is 0.774. The highest BCUT2D eigenvalue weighted by atomic mass is 16.5. The number of carbonyl (C=O) groups is 2. The molecule has 0 saturated carbocycles. The molecule has 110 valence electrons. The Hall–Kier alpha value is -2.32. The zero-order valence-electron chi connectivity index (χ0n) is 12.0. The zero-order valence-corrected chi connectivity index (χ0v) is 12.0. The van der Waals surface area contributed by atoms with E-state index in [1.165, 1.54) is 7.11 Å². The van der Waals surface area contributed by atoms with E-state index in [2.05, 4.69) is 11.8 Å². The van der Waals surface area contributed by atoms with Crippen molar-refractivity contribution in [2.75, 3.05) is 20.2 Å². The molecule has 2 N–H and O–H groups in total. The van der Waals surface area contributed by atoms with Crippen LogP contribution in [-0.4, -0.2) is 43.0 Å². The van der Waals surface area contributed by atoms with E-state index in [1.54, 1.807) is 23.1 Å². The van der Waals surface area contributed by atoms with E-state index in [9.17, 15) is 9.59 Å². The van der Waals surface area contributed by atoms with Crippen LogP contribution in [0.2, 0.25) is 0 Å². The van der Waals surface area contributed by atoms with Crippen LogP contribution in [-0.2, 0) is 9.53 Å². The first-order chi connectivity index (χ1) is 10.2. The minimum Gasteiger partial charge on any atom is -0.467 e. The van der Waals surface area contributed by atoms with Gasteiger partial charge in [0.05, 0.1) is 19.2 Å². The number of methoxy groups -OCH3 is 1. The first-order valence-corrected chi connectivity index (χ1v) is 6.85. The van der Waals surface area contributed by atoms with Gasteiger partial charge in [0, 0.05) is 12.1 Å². The molecule has 1 aliphatic rings. The van der Waals surface area contributed by atoms with Crippen molar-refractivity contribution >= 4 is 11.9 Å². The van der Waals surface area contributed by atoms with Crippen LogP contribution in [0.5, 0.6) is 0 Å². The van der Waals surface area contributed by atoms with Gasteiger partial charge in [-0.05, 0) is 25.0 Å². The molecule has 0 aliphatic carbocycles. The largest absolute Gasteiger partial charge is 0.467 e. The quantitative estimate of drug-likeness (QED) is 0.644. The van der Waals surface area contributed by atoms with Gasteiger partial charge >= 0.3 is 5.97 Å². The minimum absolute atomic E-state index is 0.190. The lowest BCUT2D eigenvalue weighted by molar-refractivity contribution is -0.145. The lowest BCUT2D eigenvalue weighted by atomic mass is 10.1. The molecule has 1 aromatic carbocycles. The molecule has 1 unspecified atom stereocenters. The first kappa shape index (κ1) is 15.1. The molecule has 1 saturated heterocycles. The number of hydrogen-bond acceptors (Lipinski definition) is 4. The van der Waals surface area contributed by atoms with Crippen LogP contribution >= 0.6 is 0 Å². The molecular weight excluding hydrogens is 268 g/mol. The van der Waals surface area contributed by atoms with Gasteiger partial charge < -0.3 is 15.4 Å². The van der Waals surface area contributed by atoms with Gasteiger partial charge in [0.2, 0.25) is 0 Å². The molecule has 0 bridgehead atoms. The second-order valence-electron chi connectivity index (χ2n) is 4.73. The summed E-state index contributed by atoms with van der Waals surface area (Å²) in [6.07, 6.45) is 1.43. The number of hydrogen-bond donors (Lipinski definition) is 1. The normalized spacial score (nSPS) is 17.0. The Morgan fingerprint density at radius 3 is 2.90 bits per heavy atom. The third kappa shape index (κ3) is 3.23. The number of amides is 1. The van der Waals surface area contributed by atoms with Crippen molar-refractivity contribution in [3.63, 3.8) is 0 Å². The standard InChI is InChI=1S/C16H18N2O3/c1-21-16(20)14-9-5-11-18(14)15(19)13-8-3-2-6-12(13)7-4-10-17/h2-3,6,8,14H,5,9-11,17H2,1H3. The van der Waals surface area contributed by atoms with Gasteiger partial charge in [0.25, 0.3) is 5.91 Å². The second kappa shape index (κ2) is 6.91. The summed E-state index contributed by atoms with van der Waals surface area (Å²) < 4.78 is 4.77. The number of benzene rings is 1. The second-order valence-corrected chi connectivity index (χ2v) is 4.73. The Bertz CT molecular complexity index is 601. The fourth-order valence-electron chi connectivity index (χ4n) is 2.47. The van der Waals surface area contributed by atoms with Gasteiger partial charge in [-0.2, -0.15) is 0 Å². The summed E-state index contributed by atoms with van der Waals surface area (Å²) in [5, 5.41) is 0. The number of nitrogens with zero attached hydrogens (tertiary/aromatic N) is 1. The topological polar surface area (TPSA) is 72.6 Å². The molecule has 1 amide bonds. The Labute approximate surface area is 124 Å². The van der Waals surface area contributed by atoms with Crippen LogP contribution in [0.1, 0.15) is 28.8 Å². The summed E-state index contributed by atoms with van der Waals surface area (Å²) >= 11 is 0. The van der Waals surface area contributed by atoms with E-state index in [0.29, 0.717) is 24.1 Å². The lowest BCUT2D eigenvalue weighted by Gasteiger charge is -2.23. The number of nitrogens with two attached hydrogens (primary N) is 1. The molecule has 5 heteroatoms. The Morgan fingerprint density at radius 2 is 2.19 bits per heavy atom. The van der Waals surface area contributed by atoms with E-state index in [0.717, 1.165) is 6.42 Å². The van der Waals surface area contributed by atoms with Crippen LogP contribution < -0.4 is 5.73 Å². The summed E-state index contributed by atoms with van der Waals surface area (Å²) in [5.74, 6) is 5.09. The highest BCUT2D eigenvalue weighted by Gasteiger charge is 2.35. The monoisotopic (exact) mass is 286 g/mol. The number of likely N-dealkylation sites (tertiary alicyclic amines) is 1. The average Bonchev–Trinajstić information content (AvgIpc) is 3.01. The maximum Gasteiger partial charge on any atom is 0.328 e. The lowest BCUT2D eigenvalue weighted by Crippen LogP contribution is -2.41. The predicted molar refractivity (Wildman–Crippen MR) is 78.4 cm³/mol. The molecule has 1 heterocycles. The van der Waals surface area contributed by atoms with Gasteiger partial charge in [0.15, 0.2) is 0 Å². The molecule has 1 aromatic rings. The van der Waals surface area contributed by atoms with E-state index in [-0.39, 0.29) is 18.4 Å². The van der Waals surface area contributed by atoms with Crippen molar-refractivity contribution in [2.45, 2.75) is 18.9 Å². The molecule has 0 aromatic heterocycles. The van der Waals surface area contributed by atoms with Crippen molar-refractivity contribution in [3.8, 4) is 11.8 Å². The van der Waals surface area contributed by atoms with E-state index in [4.69, 9.17) is 10.5 Å². The molecule has 2 rings (SSSR count). The summed E-state index contributed by atoms with van der Waals surface area (Å²) in [6, 6.07) is 6.59. The highest BCUT2D eigenvalue weighted by molar-refractivity contribution is 5.99. The summed E-state index contributed by atoms with van der Waals surface area (Å²) in [4.78, 5) is 26.0. The third-order valence-electron chi connectivity index (χ3n) is 3.47. The van der Waals surface area contributed by atoms with Crippen molar-refractivity contribution in [1.82, 2.24) is 4.90 Å². The smallest absolute Gasteiger partial charge is 0.328 e. The van der Waals surface area contributed by atoms with Crippen LogP contribution in [0, 0.1) is 11.8 Å². The van der Waals surface area contributed by atoms with Gasteiger partial charge in [-0.1, -0.05) is 24.0 Å². The van der Waals surface area contributed by atoms with Crippen LogP contribution in [0.15, 0.2) is 24.3 Å². The van der Waals surface area contributed by atoms with Crippen molar-refractivity contribution in [2.24, 2.45) is 5.73 Å². The molecule has 21 heavy (non-hydrogen) atoms. The Kier molecular flexibility index (Phi) is 4.96. The zero-order chi connectivity index (χ0) is 15.2. The molecule has 1 aliphatic heterocycles. The Balaban J connectivity index is 2.30. The SMILES string of the molecule is COC(=O)C1CCCN1C(=O)c1ccccc1C#CCN. The van der Waals surface area contributed by atoms with Crippen molar-refractivity contribution in [1.29, 1.82) is 0 Å². The van der Waals surface area contributed by atoms with E-state index < -0.39 is 6.04 Å². The van der Waals surface area contributed by atoms with E-state index in [1.807, 2.05) is 6.07 Å².